The molecule has 1 rings (SSSR count). The van der Waals surface area contributed by atoms with Gasteiger partial charge in [0.05, 0.1) is 0 Å². The molecule has 15 heavy (non-hydrogen) atoms. The Morgan fingerprint density at radius 3 is 2.60 bits per heavy atom. The van der Waals surface area contributed by atoms with Crippen LogP contribution < -0.4 is 0 Å². The van der Waals surface area contributed by atoms with Gasteiger partial charge in [0, 0.05) is 25.6 Å². The van der Waals surface area contributed by atoms with Gasteiger partial charge in [-0.15, -0.1) is 0 Å². The zero-order valence-corrected chi connectivity index (χ0v) is 10.1. The zero-order valence-electron chi connectivity index (χ0n) is 10.1. The highest BCUT2D eigenvalue weighted by atomic mass is 16.3. The highest BCUT2D eigenvalue weighted by Gasteiger charge is 2.31. The molecule has 3 nitrogen and oxygen atoms in total. The molecule has 0 aromatic carbocycles. The van der Waals surface area contributed by atoms with Crippen LogP contribution in [0.3, 0.4) is 0 Å². The quantitative estimate of drug-likeness (QED) is 0.754. The number of aliphatic hydroxyl groups excluding tert-OH is 1. The topological polar surface area (TPSA) is 40.5 Å². The lowest BCUT2D eigenvalue weighted by atomic mass is 9.93. The maximum atomic E-state index is 11.6. The molecule has 0 aromatic heterocycles. The SMILES string of the molecule is CC(CCO)C[C@H]1CC(=O)N(C(C)C)C1. The number of aliphatic hydroxyl groups is 1. The van der Waals surface area contributed by atoms with Crippen molar-refractivity contribution in [3.05, 3.63) is 0 Å². The molecule has 0 saturated carbocycles. The predicted molar refractivity (Wildman–Crippen MR) is 60.4 cm³/mol. The maximum absolute atomic E-state index is 11.6. The third-order valence-corrected chi connectivity index (χ3v) is 3.22. The molecule has 1 N–H and O–H groups in total. The number of nitrogens with zero attached hydrogens (tertiary/aromatic N) is 1. The minimum atomic E-state index is 0.260. The number of carbonyl (C=O) groups excluding carboxylic acids is 1. The Morgan fingerprint density at radius 2 is 2.13 bits per heavy atom. The molecule has 0 aromatic rings. The molecule has 1 saturated heterocycles. The lowest BCUT2D eigenvalue weighted by Gasteiger charge is -2.21. The summed E-state index contributed by atoms with van der Waals surface area (Å²) >= 11 is 0. The minimum Gasteiger partial charge on any atom is -0.396 e. The van der Waals surface area contributed by atoms with Gasteiger partial charge in [0.1, 0.15) is 0 Å². The highest BCUT2D eigenvalue weighted by molar-refractivity contribution is 5.78. The molecule has 0 spiro atoms. The largest absolute Gasteiger partial charge is 0.396 e. The van der Waals surface area contributed by atoms with Gasteiger partial charge in [-0.05, 0) is 38.5 Å². The number of hydrogen-bond donors (Lipinski definition) is 1. The van der Waals surface area contributed by atoms with Crippen molar-refractivity contribution < 1.29 is 9.90 Å². The van der Waals surface area contributed by atoms with Crippen LogP contribution in [0.4, 0.5) is 0 Å². The monoisotopic (exact) mass is 213 g/mol. The van der Waals surface area contributed by atoms with Crippen molar-refractivity contribution in [3.8, 4) is 0 Å². The lowest BCUT2D eigenvalue weighted by Crippen LogP contribution is -2.32. The van der Waals surface area contributed by atoms with Crippen LogP contribution in [0.5, 0.6) is 0 Å². The van der Waals surface area contributed by atoms with Gasteiger partial charge in [0.15, 0.2) is 0 Å². The number of hydrogen-bond acceptors (Lipinski definition) is 2. The molecular formula is C12H23NO2. The van der Waals surface area contributed by atoms with E-state index in [1.54, 1.807) is 0 Å². The van der Waals surface area contributed by atoms with Crippen molar-refractivity contribution in [1.82, 2.24) is 4.90 Å². The molecule has 0 radical (unpaired) electrons. The Balaban J connectivity index is 2.38. The van der Waals surface area contributed by atoms with E-state index in [4.69, 9.17) is 5.11 Å². The molecule has 1 fully saturated rings. The van der Waals surface area contributed by atoms with Gasteiger partial charge in [-0.3, -0.25) is 4.79 Å². The summed E-state index contributed by atoms with van der Waals surface area (Å²) in [5.74, 6) is 1.33. The fraction of sp³-hybridized carbons (Fsp3) is 0.917. The summed E-state index contributed by atoms with van der Waals surface area (Å²) in [7, 11) is 0. The second kappa shape index (κ2) is 5.50. The van der Waals surface area contributed by atoms with Crippen molar-refractivity contribution >= 4 is 5.91 Å². The van der Waals surface area contributed by atoms with E-state index >= 15 is 0 Å². The summed E-state index contributed by atoms with van der Waals surface area (Å²) in [6.45, 7) is 7.45. The van der Waals surface area contributed by atoms with Gasteiger partial charge < -0.3 is 10.0 Å². The molecule has 0 bridgehead atoms. The zero-order chi connectivity index (χ0) is 11.4. The molecule has 1 heterocycles. The van der Waals surface area contributed by atoms with Crippen LogP contribution in [0.1, 0.15) is 40.0 Å². The van der Waals surface area contributed by atoms with Gasteiger partial charge >= 0.3 is 0 Å². The summed E-state index contributed by atoms with van der Waals surface area (Å²) < 4.78 is 0. The van der Waals surface area contributed by atoms with Crippen molar-refractivity contribution in [3.63, 3.8) is 0 Å². The van der Waals surface area contributed by atoms with E-state index in [0.29, 0.717) is 30.2 Å². The van der Waals surface area contributed by atoms with Gasteiger partial charge in [0.2, 0.25) is 5.91 Å². The van der Waals surface area contributed by atoms with E-state index in [-0.39, 0.29) is 6.61 Å². The first kappa shape index (κ1) is 12.5. The van der Waals surface area contributed by atoms with Crippen LogP contribution in [0.2, 0.25) is 0 Å². The molecule has 1 unspecified atom stereocenters. The molecule has 0 aliphatic carbocycles. The standard InChI is InChI=1S/C12H23NO2/c1-9(2)13-8-11(7-12(13)15)6-10(3)4-5-14/h9-11,14H,4-8H2,1-3H3/t10?,11-/m0/s1. The van der Waals surface area contributed by atoms with Gasteiger partial charge in [-0.2, -0.15) is 0 Å². The summed E-state index contributed by atoms with van der Waals surface area (Å²) in [4.78, 5) is 13.6. The van der Waals surface area contributed by atoms with E-state index in [2.05, 4.69) is 20.8 Å². The summed E-state index contributed by atoms with van der Waals surface area (Å²) in [5, 5.41) is 8.83. The second-order valence-electron chi connectivity index (χ2n) is 5.06. The third-order valence-electron chi connectivity index (χ3n) is 3.22. The van der Waals surface area contributed by atoms with E-state index in [9.17, 15) is 4.79 Å². The first-order chi connectivity index (χ1) is 7.04. The predicted octanol–water partition coefficient (Wildman–Crippen LogP) is 1.65. The summed E-state index contributed by atoms with van der Waals surface area (Å²) in [5.41, 5.74) is 0. The average molecular weight is 213 g/mol. The lowest BCUT2D eigenvalue weighted by molar-refractivity contribution is -0.129. The van der Waals surface area contributed by atoms with Crippen molar-refractivity contribution in [2.75, 3.05) is 13.2 Å². The van der Waals surface area contributed by atoms with Crippen LogP contribution in [0.25, 0.3) is 0 Å². The highest BCUT2D eigenvalue weighted by Crippen LogP contribution is 2.26. The van der Waals surface area contributed by atoms with Crippen LogP contribution in [0.15, 0.2) is 0 Å². The Kier molecular flexibility index (Phi) is 4.58. The number of carbonyl (C=O) groups is 1. The van der Waals surface area contributed by atoms with E-state index in [0.717, 1.165) is 19.4 Å². The number of rotatable bonds is 5. The van der Waals surface area contributed by atoms with E-state index in [1.165, 1.54) is 0 Å². The Bertz CT molecular complexity index is 216. The normalized spacial score (nSPS) is 23.9. The first-order valence-corrected chi connectivity index (χ1v) is 5.95. The smallest absolute Gasteiger partial charge is 0.223 e. The molecule has 1 aliphatic rings. The summed E-state index contributed by atoms with van der Waals surface area (Å²) in [6, 6.07) is 0.329. The fourth-order valence-corrected chi connectivity index (χ4v) is 2.37. The van der Waals surface area contributed by atoms with Gasteiger partial charge in [0.25, 0.3) is 0 Å². The molecule has 1 aliphatic heterocycles. The molecule has 1 amide bonds. The maximum Gasteiger partial charge on any atom is 0.223 e. The molecule has 88 valence electrons. The molecule has 3 heteroatoms. The van der Waals surface area contributed by atoms with Crippen molar-refractivity contribution in [2.24, 2.45) is 11.8 Å². The summed E-state index contributed by atoms with van der Waals surface area (Å²) in [6.07, 6.45) is 2.62. The third kappa shape index (κ3) is 3.49. The Labute approximate surface area is 92.5 Å². The van der Waals surface area contributed by atoms with Gasteiger partial charge in [-0.25, -0.2) is 0 Å². The van der Waals surface area contributed by atoms with Crippen LogP contribution in [-0.2, 0) is 4.79 Å². The first-order valence-electron chi connectivity index (χ1n) is 5.95. The fourth-order valence-electron chi connectivity index (χ4n) is 2.37. The van der Waals surface area contributed by atoms with E-state index < -0.39 is 0 Å². The number of likely N-dealkylation sites (tertiary alicyclic amines) is 1. The molecular weight excluding hydrogens is 190 g/mol. The average Bonchev–Trinajstić information content (AvgIpc) is 2.47. The Morgan fingerprint density at radius 1 is 1.47 bits per heavy atom. The van der Waals surface area contributed by atoms with Crippen LogP contribution >= 0.6 is 0 Å². The van der Waals surface area contributed by atoms with E-state index in [1.807, 2.05) is 4.90 Å². The van der Waals surface area contributed by atoms with Gasteiger partial charge in [-0.1, -0.05) is 6.92 Å². The van der Waals surface area contributed by atoms with Crippen LogP contribution in [-0.4, -0.2) is 35.1 Å². The number of amides is 1. The van der Waals surface area contributed by atoms with Crippen LogP contribution in [0, 0.1) is 11.8 Å². The minimum absolute atomic E-state index is 0.260. The van der Waals surface area contributed by atoms with Crippen molar-refractivity contribution in [2.45, 2.75) is 46.1 Å². The molecule has 2 atom stereocenters. The Hall–Kier alpha value is -0.570. The van der Waals surface area contributed by atoms with Crippen molar-refractivity contribution in [1.29, 1.82) is 0 Å². The second-order valence-corrected chi connectivity index (χ2v) is 5.06.